The van der Waals surface area contributed by atoms with Crippen LogP contribution in [0.15, 0.2) is 4.52 Å². The van der Waals surface area contributed by atoms with E-state index in [0.29, 0.717) is 11.8 Å². The predicted octanol–water partition coefficient (Wildman–Crippen LogP) is 0.649. The summed E-state index contributed by atoms with van der Waals surface area (Å²) in [5.41, 5.74) is 0. The van der Waals surface area contributed by atoms with E-state index in [9.17, 15) is 4.79 Å². The fourth-order valence-corrected chi connectivity index (χ4v) is 1.02. The van der Waals surface area contributed by atoms with E-state index in [-0.39, 0.29) is 11.7 Å². The van der Waals surface area contributed by atoms with E-state index in [4.69, 9.17) is 4.52 Å². The van der Waals surface area contributed by atoms with Gasteiger partial charge in [-0.1, -0.05) is 5.16 Å². The van der Waals surface area contributed by atoms with Crippen molar-refractivity contribution in [3.63, 3.8) is 0 Å². The van der Waals surface area contributed by atoms with Crippen molar-refractivity contribution in [1.29, 1.82) is 0 Å². The van der Waals surface area contributed by atoms with E-state index in [1.807, 2.05) is 0 Å². The molecular weight excluding hydrogens is 170 g/mol. The molecule has 5 nitrogen and oxygen atoms in total. The van der Waals surface area contributed by atoms with Gasteiger partial charge in [0.15, 0.2) is 0 Å². The van der Waals surface area contributed by atoms with Crippen LogP contribution in [0.25, 0.3) is 0 Å². The van der Waals surface area contributed by atoms with Crippen molar-refractivity contribution in [2.75, 3.05) is 14.1 Å². The molecule has 1 aromatic rings. The topological polar surface area (TPSA) is 59.2 Å². The van der Waals surface area contributed by atoms with Gasteiger partial charge in [-0.25, -0.2) is 0 Å². The minimum atomic E-state index is -0.212. The fraction of sp³-hybridized carbons (Fsp3) is 0.625. The standard InChI is InChI=1S/C8H11N3O2/c1-11(2)8(12)6-9-7(13-10-6)5-3-4-5/h5H,3-4H2,1-2H3. The van der Waals surface area contributed by atoms with Gasteiger partial charge in [0.1, 0.15) is 0 Å². The van der Waals surface area contributed by atoms with Crippen molar-refractivity contribution < 1.29 is 9.32 Å². The lowest BCUT2D eigenvalue weighted by Crippen LogP contribution is -2.22. The molecule has 2 rings (SSSR count). The maximum Gasteiger partial charge on any atom is 0.294 e. The second kappa shape index (κ2) is 2.83. The molecule has 5 heteroatoms. The Morgan fingerprint density at radius 2 is 2.23 bits per heavy atom. The summed E-state index contributed by atoms with van der Waals surface area (Å²) in [6, 6.07) is 0. The first-order valence-corrected chi connectivity index (χ1v) is 4.23. The van der Waals surface area contributed by atoms with Crippen LogP contribution < -0.4 is 0 Å². The van der Waals surface area contributed by atoms with Gasteiger partial charge >= 0.3 is 0 Å². The molecule has 70 valence electrons. The van der Waals surface area contributed by atoms with Crippen LogP contribution in [-0.2, 0) is 0 Å². The molecule has 0 saturated heterocycles. The van der Waals surface area contributed by atoms with E-state index in [1.165, 1.54) is 4.90 Å². The summed E-state index contributed by atoms with van der Waals surface area (Å²) in [6.07, 6.45) is 2.19. The molecule has 0 atom stereocenters. The average Bonchev–Trinajstić information content (AvgIpc) is 2.83. The minimum absolute atomic E-state index is 0.159. The summed E-state index contributed by atoms with van der Waals surface area (Å²) in [4.78, 5) is 16.8. The molecule has 0 radical (unpaired) electrons. The Hall–Kier alpha value is -1.39. The smallest absolute Gasteiger partial charge is 0.294 e. The van der Waals surface area contributed by atoms with Crippen LogP contribution in [0.3, 0.4) is 0 Å². The van der Waals surface area contributed by atoms with Crippen LogP contribution in [0, 0.1) is 0 Å². The molecule has 0 spiro atoms. The zero-order chi connectivity index (χ0) is 9.42. The highest BCUT2D eigenvalue weighted by molar-refractivity contribution is 5.89. The van der Waals surface area contributed by atoms with Gasteiger partial charge in [0.2, 0.25) is 5.89 Å². The van der Waals surface area contributed by atoms with Crippen molar-refractivity contribution in [3.8, 4) is 0 Å². The molecule has 0 bridgehead atoms. The van der Waals surface area contributed by atoms with E-state index in [2.05, 4.69) is 10.1 Å². The lowest BCUT2D eigenvalue weighted by molar-refractivity contribution is 0.0812. The number of carbonyl (C=O) groups excluding carboxylic acids is 1. The highest BCUT2D eigenvalue weighted by atomic mass is 16.5. The Morgan fingerprint density at radius 1 is 1.54 bits per heavy atom. The fourth-order valence-electron chi connectivity index (χ4n) is 1.02. The summed E-state index contributed by atoms with van der Waals surface area (Å²) in [5, 5.41) is 3.62. The van der Waals surface area contributed by atoms with Gasteiger partial charge in [-0.2, -0.15) is 4.98 Å². The highest BCUT2D eigenvalue weighted by Crippen LogP contribution is 2.38. The lowest BCUT2D eigenvalue weighted by atomic mass is 10.4. The lowest BCUT2D eigenvalue weighted by Gasteiger charge is -2.04. The number of aromatic nitrogens is 2. The Balaban J connectivity index is 2.16. The maximum absolute atomic E-state index is 11.3. The number of carbonyl (C=O) groups is 1. The second-order valence-corrected chi connectivity index (χ2v) is 3.43. The van der Waals surface area contributed by atoms with Gasteiger partial charge in [0.25, 0.3) is 11.7 Å². The van der Waals surface area contributed by atoms with Crippen LogP contribution in [0.5, 0.6) is 0 Å². The van der Waals surface area contributed by atoms with Crippen LogP contribution >= 0.6 is 0 Å². The molecule has 0 aromatic carbocycles. The first kappa shape index (κ1) is 8.22. The SMILES string of the molecule is CN(C)C(=O)c1noc(C2CC2)n1. The molecule has 1 amide bonds. The van der Waals surface area contributed by atoms with Gasteiger partial charge < -0.3 is 9.42 Å². The average molecular weight is 181 g/mol. The Bertz CT molecular complexity index is 328. The van der Waals surface area contributed by atoms with Crippen molar-refractivity contribution in [3.05, 3.63) is 11.7 Å². The third-order valence-electron chi connectivity index (χ3n) is 1.97. The number of hydrogen-bond donors (Lipinski definition) is 0. The van der Waals surface area contributed by atoms with E-state index in [0.717, 1.165) is 12.8 Å². The molecule has 1 fully saturated rings. The molecule has 0 aliphatic heterocycles. The summed E-state index contributed by atoms with van der Waals surface area (Å²) in [7, 11) is 3.32. The van der Waals surface area contributed by atoms with E-state index in [1.54, 1.807) is 14.1 Å². The predicted molar refractivity (Wildman–Crippen MR) is 44.3 cm³/mol. The molecule has 1 aliphatic carbocycles. The number of amides is 1. The Labute approximate surface area is 75.7 Å². The van der Waals surface area contributed by atoms with Gasteiger partial charge in [-0.15, -0.1) is 0 Å². The Kier molecular flexibility index (Phi) is 1.79. The van der Waals surface area contributed by atoms with Crippen LogP contribution in [0.1, 0.15) is 35.3 Å². The van der Waals surface area contributed by atoms with Crippen molar-refractivity contribution in [2.45, 2.75) is 18.8 Å². The zero-order valence-corrected chi connectivity index (χ0v) is 7.65. The first-order chi connectivity index (χ1) is 6.18. The maximum atomic E-state index is 11.3. The van der Waals surface area contributed by atoms with E-state index >= 15 is 0 Å². The van der Waals surface area contributed by atoms with Gasteiger partial charge in [0.05, 0.1) is 0 Å². The van der Waals surface area contributed by atoms with Crippen molar-refractivity contribution >= 4 is 5.91 Å². The Morgan fingerprint density at radius 3 is 2.77 bits per heavy atom. The quantitative estimate of drug-likeness (QED) is 0.672. The highest BCUT2D eigenvalue weighted by Gasteiger charge is 2.30. The monoisotopic (exact) mass is 181 g/mol. The molecule has 1 aromatic heterocycles. The molecule has 1 saturated carbocycles. The molecule has 1 heterocycles. The van der Waals surface area contributed by atoms with Gasteiger partial charge in [0, 0.05) is 20.0 Å². The van der Waals surface area contributed by atoms with Crippen molar-refractivity contribution in [2.24, 2.45) is 0 Å². The number of nitrogens with zero attached hydrogens (tertiary/aromatic N) is 3. The molecule has 13 heavy (non-hydrogen) atoms. The minimum Gasteiger partial charge on any atom is -0.342 e. The number of hydrogen-bond acceptors (Lipinski definition) is 4. The largest absolute Gasteiger partial charge is 0.342 e. The van der Waals surface area contributed by atoms with Crippen LogP contribution in [-0.4, -0.2) is 35.0 Å². The molecule has 0 unspecified atom stereocenters. The molecular formula is C8H11N3O2. The van der Waals surface area contributed by atoms with Crippen molar-refractivity contribution in [1.82, 2.24) is 15.0 Å². The van der Waals surface area contributed by atoms with Gasteiger partial charge in [-0.05, 0) is 12.8 Å². The number of rotatable bonds is 2. The normalized spacial score (nSPS) is 15.8. The summed E-state index contributed by atoms with van der Waals surface area (Å²) in [6.45, 7) is 0. The van der Waals surface area contributed by atoms with Gasteiger partial charge in [-0.3, -0.25) is 4.79 Å². The third kappa shape index (κ3) is 1.54. The first-order valence-electron chi connectivity index (χ1n) is 4.23. The molecule has 1 aliphatic rings. The van der Waals surface area contributed by atoms with Crippen LogP contribution in [0.4, 0.5) is 0 Å². The zero-order valence-electron chi connectivity index (χ0n) is 7.65. The van der Waals surface area contributed by atoms with Crippen LogP contribution in [0.2, 0.25) is 0 Å². The van der Waals surface area contributed by atoms with E-state index < -0.39 is 0 Å². The third-order valence-corrected chi connectivity index (χ3v) is 1.97. The molecule has 0 N–H and O–H groups in total. The summed E-state index contributed by atoms with van der Waals surface area (Å²) < 4.78 is 4.95. The summed E-state index contributed by atoms with van der Waals surface area (Å²) >= 11 is 0. The summed E-state index contributed by atoms with van der Waals surface area (Å²) in [5.74, 6) is 0.948. The second-order valence-electron chi connectivity index (χ2n) is 3.43.